The molecule has 0 aliphatic rings. The molecule has 1 rings (SSSR count). The topological polar surface area (TPSA) is 12.4 Å². The molecule has 0 heterocycles. The molecule has 0 N–H and O–H groups in total. The summed E-state index contributed by atoms with van der Waals surface area (Å²) in [6, 6.07) is 3.54. The van der Waals surface area contributed by atoms with Gasteiger partial charge in [-0.15, -0.1) is 0 Å². The number of aryl methyl sites for hydroxylation is 1. The minimum Gasteiger partial charge on any atom is -0.260 e. The third kappa shape index (κ3) is 2.23. The van der Waals surface area contributed by atoms with Gasteiger partial charge in [-0.1, -0.05) is 24.4 Å². The standard InChI is InChI=1S/C11H12FNS/c1-4-13-9-7-6-8(3)10(12)11(9)14-5-2/h4-7H,2H2,1,3H3. The number of hydrogen-bond donors (Lipinski definition) is 0. The van der Waals surface area contributed by atoms with E-state index in [-0.39, 0.29) is 5.82 Å². The summed E-state index contributed by atoms with van der Waals surface area (Å²) in [5.41, 5.74) is 1.28. The Morgan fingerprint density at radius 3 is 2.79 bits per heavy atom. The first-order chi connectivity index (χ1) is 6.70. The Hall–Kier alpha value is -1.09. The van der Waals surface area contributed by atoms with Gasteiger partial charge in [0.1, 0.15) is 5.82 Å². The number of thioether (sulfide) groups is 1. The van der Waals surface area contributed by atoms with E-state index in [4.69, 9.17) is 0 Å². The molecule has 0 saturated carbocycles. The second-order valence-electron chi connectivity index (χ2n) is 2.72. The molecule has 74 valence electrons. The minimum absolute atomic E-state index is 0.210. The summed E-state index contributed by atoms with van der Waals surface area (Å²) >= 11 is 1.26. The van der Waals surface area contributed by atoms with Crippen molar-refractivity contribution in [2.24, 2.45) is 4.99 Å². The van der Waals surface area contributed by atoms with Gasteiger partial charge in [-0.05, 0) is 30.9 Å². The van der Waals surface area contributed by atoms with E-state index in [9.17, 15) is 4.39 Å². The zero-order valence-corrected chi connectivity index (χ0v) is 9.07. The van der Waals surface area contributed by atoms with Crippen molar-refractivity contribution in [3.05, 3.63) is 35.5 Å². The van der Waals surface area contributed by atoms with Gasteiger partial charge in [0, 0.05) is 6.21 Å². The highest BCUT2D eigenvalue weighted by Gasteiger charge is 2.09. The fourth-order valence-electron chi connectivity index (χ4n) is 1.08. The quantitative estimate of drug-likeness (QED) is 0.539. The van der Waals surface area contributed by atoms with E-state index in [0.29, 0.717) is 16.1 Å². The molecule has 0 unspecified atom stereocenters. The maximum atomic E-state index is 13.6. The number of hydrogen-bond acceptors (Lipinski definition) is 2. The summed E-state index contributed by atoms with van der Waals surface area (Å²) in [7, 11) is 0. The zero-order chi connectivity index (χ0) is 10.6. The Balaban J connectivity index is 3.28. The van der Waals surface area contributed by atoms with Crippen LogP contribution in [0, 0.1) is 12.7 Å². The highest BCUT2D eigenvalue weighted by atomic mass is 32.2. The molecule has 0 bridgehead atoms. The SMILES string of the molecule is C=CSc1c(N=CC)ccc(C)c1F. The molecular weight excluding hydrogens is 197 g/mol. The van der Waals surface area contributed by atoms with Gasteiger partial charge in [-0.25, -0.2) is 4.39 Å². The van der Waals surface area contributed by atoms with Crippen LogP contribution in [0.1, 0.15) is 12.5 Å². The van der Waals surface area contributed by atoms with Crippen molar-refractivity contribution in [2.45, 2.75) is 18.7 Å². The first-order valence-electron chi connectivity index (χ1n) is 4.26. The van der Waals surface area contributed by atoms with Crippen molar-refractivity contribution < 1.29 is 4.39 Å². The molecule has 0 atom stereocenters. The average Bonchev–Trinajstić information content (AvgIpc) is 2.18. The highest BCUT2D eigenvalue weighted by molar-refractivity contribution is 8.02. The number of nitrogens with zero attached hydrogens (tertiary/aromatic N) is 1. The van der Waals surface area contributed by atoms with Crippen LogP contribution in [-0.2, 0) is 0 Å². The van der Waals surface area contributed by atoms with E-state index < -0.39 is 0 Å². The second-order valence-corrected chi connectivity index (χ2v) is 3.69. The summed E-state index contributed by atoms with van der Waals surface area (Å²) in [4.78, 5) is 4.63. The Morgan fingerprint density at radius 2 is 2.21 bits per heavy atom. The molecule has 0 saturated heterocycles. The van der Waals surface area contributed by atoms with Gasteiger partial charge < -0.3 is 0 Å². The highest BCUT2D eigenvalue weighted by Crippen LogP contribution is 2.33. The molecule has 0 amide bonds. The van der Waals surface area contributed by atoms with Crippen molar-refractivity contribution in [1.82, 2.24) is 0 Å². The number of aliphatic imine (C=N–C) groups is 1. The predicted molar refractivity (Wildman–Crippen MR) is 61.0 cm³/mol. The lowest BCUT2D eigenvalue weighted by Crippen LogP contribution is -1.86. The molecular formula is C11H12FNS. The summed E-state index contributed by atoms with van der Waals surface area (Å²) in [6.07, 6.45) is 1.65. The van der Waals surface area contributed by atoms with Gasteiger partial charge in [-0.2, -0.15) is 0 Å². The van der Waals surface area contributed by atoms with Crippen LogP contribution in [0.2, 0.25) is 0 Å². The molecule has 14 heavy (non-hydrogen) atoms. The summed E-state index contributed by atoms with van der Waals surface area (Å²) in [6.45, 7) is 7.12. The molecule has 0 fully saturated rings. The van der Waals surface area contributed by atoms with Crippen LogP contribution in [0.4, 0.5) is 10.1 Å². The number of benzene rings is 1. The Morgan fingerprint density at radius 1 is 1.50 bits per heavy atom. The van der Waals surface area contributed by atoms with Crippen molar-refractivity contribution >= 4 is 23.7 Å². The molecule has 0 aliphatic heterocycles. The van der Waals surface area contributed by atoms with Gasteiger partial charge in [0.2, 0.25) is 0 Å². The van der Waals surface area contributed by atoms with Crippen LogP contribution in [0.25, 0.3) is 0 Å². The van der Waals surface area contributed by atoms with Crippen molar-refractivity contribution in [3.63, 3.8) is 0 Å². The fraction of sp³-hybridized carbons (Fsp3) is 0.182. The van der Waals surface area contributed by atoms with Crippen molar-refractivity contribution in [3.8, 4) is 0 Å². The first kappa shape index (κ1) is 11.0. The third-order valence-electron chi connectivity index (χ3n) is 1.74. The monoisotopic (exact) mass is 209 g/mol. The molecule has 0 radical (unpaired) electrons. The molecule has 0 aromatic heterocycles. The Bertz CT molecular complexity index is 372. The minimum atomic E-state index is -0.210. The number of rotatable bonds is 3. The maximum Gasteiger partial charge on any atom is 0.142 e. The van der Waals surface area contributed by atoms with E-state index in [0.717, 1.165) is 0 Å². The van der Waals surface area contributed by atoms with Crippen LogP contribution >= 0.6 is 11.8 Å². The predicted octanol–water partition coefficient (Wildman–Crippen LogP) is 4.09. The smallest absolute Gasteiger partial charge is 0.142 e. The molecule has 0 spiro atoms. The molecule has 3 heteroatoms. The summed E-state index contributed by atoms with van der Waals surface area (Å²) in [5.74, 6) is -0.210. The van der Waals surface area contributed by atoms with Gasteiger partial charge in [0.05, 0.1) is 10.6 Å². The largest absolute Gasteiger partial charge is 0.260 e. The van der Waals surface area contributed by atoms with Crippen molar-refractivity contribution in [1.29, 1.82) is 0 Å². The van der Waals surface area contributed by atoms with Gasteiger partial charge >= 0.3 is 0 Å². The van der Waals surface area contributed by atoms with Crippen LogP contribution in [-0.4, -0.2) is 6.21 Å². The molecule has 1 aromatic carbocycles. The lowest BCUT2D eigenvalue weighted by molar-refractivity contribution is 0.593. The van der Waals surface area contributed by atoms with Crippen molar-refractivity contribution in [2.75, 3.05) is 0 Å². The average molecular weight is 209 g/mol. The third-order valence-corrected chi connectivity index (χ3v) is 2.53. The fourth-order valence-corrected chi connectivity index (χ4v) is 1.75. The number of halogens is 1. The molecule has 1 nitrogen and oxygen atoms in total. The molecule has 1 aromatic rings. The lowest BCUT2D eigenvalue weighted by atomic mass is 10.2. The zero-order valence-electron chi connectivity index (χ0n) is 8.25. The normalized spacial score (nSPS) is 10.8. The Labute approximate surface area is 87.8 Å². The second kappa shape index (κ2) is 4.96. The van der Waals surface area contributed by atoms with E-state index in [1.807, 2.05) is 6.07 Å². The summed E-state index contributed by atoms with van der Waals surface area (Å²) in [5, 5.41) is 1.60. The van der Waals surface area contributed by atoms with Gasteiger partial charge in [0.15, 0.2) is 0 Å². The first-order valence-corrected chi connectivity index (χ1v) is 5.14. The lowest BCUT2D eigenvalue weighted by Gasteiger charge is -2.05. The van der Waals surface area contributed by atoms with Crippen LogP contribution < -0.4 is 0 Å². The Kier molecular flexibility index (Phi) is 3.89. The van der Waals surface area contributed by atoms with E-state index in [1.165, 1.54) is 11.8 Å². The maximum absolute atomic E-state index is 13.6. The van der Waals surface area contributed by atoms with E-state index in [1.54, 1.807) is 31.5 Å². The van der Waals surface area contributed by atoms with E-state index >= 15 is 0 Å². The van der Waals surface area contributed by atoms with Gasteiger partial charge in [-0.3, -0.25) is 4.99 Å². The van der Waals surface area contributed by atoms with Crippen LogP contribution in [0.3, 0.4) is 0 Å². The van der Waals surface area contributed by atoms with Gasteiger partial charge in [0.25, 0.3) is 0 Å². The van der Waals surface area contributed by atoms with E-state index in [2.05, 4.69) is 11.6 Å². The van der Waals surface area contributed by atoms with Crippen LogP contribution in [0.5, 0.6) is 0 Å². The molecule has 0 aliphatic carbocycles. The van der Waals surface area contributed by atoms with Crippen LogP contribution in [0.15, 0.2) is 34.0 Å². The summed E-state index contributed by atoms with van der Waals surface area (Å²) < 4.78 is 13.6.